The van der Waals surface area contributed by atoms with Crippen LogP contribution in [0.2, 0.25) is 0 Å². The Balaban J connectivity index is 1.86. The average molecular weight is 268 g/mol. The third-order valence-electron chi connectivity index (χ3n) is 4.35. The number of hydrogen-bond donors (Lipinski definition) is 1. The molecule has 1 aliphatic carbocycles. The Morgan fingerprint density at radius 1 is 1.21 bits per heavy atom. The minimum Gasteiger partial charge on any atom is -0.373 e. The van der Waals surface area contributed by atoms with E-state index < -0.39 is 0 Å². The number of hydrogen-bond acceptors (Lipinski definition) is 3. The highest BCUT2D eigenvalue weighted by atomic mass is 16.5. The molecule has 1 heterocycles. The first-order valence-electron chi connectivity index (χ1n) is 8.12. The third kappa shape index (κ3) is 5.05. The molecule has 3 nitrogen and oxygen atoms in total. The van der Waals surface area contributed by atoms with Gasteiger partial charge in [-0.25, -0.2) is 0 Å². The SMILES string of the molecule is CCCC(C)(CNC1CC1)CN1C[C@@H](C)O[C@@H](C)C1. The molecule has 1 saturated heterocycles. The van der Waals surface area contributed by atoms with E-state index in [1.807, 2.05) is 0 Å². The summed E-state index contributed by atoms with van der Waals surface area (Å²) >= 11 is 0. The molecular formula is C16H32N2O. The van der Waals surface area contributed by atoms with Gasteiger partial charge >= 0.3 is 0 Å². The Kier molecular flexibility index (Phi) is 5.27. The van der Waals surface area contributed by atoms with Gasteiger partial charge in [-0.3, -0.25) is 4.90 Å². The van der Waals surface area contributed by atoms with Crippen LogP contribution < -0.4 is 5.32 Å². The molecular weight excluding hydrogens is 236 g/mol. The largest absolute Gasteiger partial charge is 0.373 e. The summed E-state index contributed by atoms with van der Waals surface area (Å²) in [6, 6.07) is 0.818. The summed E-state index contributed by atoms with van der Waals surface area (Å²) in [5.41, 5.74) is 0.411. The molecule has 1 saturated carbocycles. The average Bonchev–Trinajstić information content (AvgIpc) is 3.08. The van der Waals surface area contributed by atoms with Crippen LogP contribution in [0, 0.1) is 5.41 Å². The second kappa shape index (κ2) is 6.55. The van der Waals surface area contributed by atoms with E-state index in [0.29, 0.717) is 17.6 Å². The topological polar surface area (TPSA) is 24.5 Å². The standard InChI is InChI=1S/C16H32N2O/c1-5-8-16(4,11-17-15-6-7-15)12-18-9-13(2)19-14(3)10-18/h13-15,17H,5-12H2,1-4H3/t13-,14+,16?. The van der Waals surface area contributed by atoms with Crippen molar-refractivity contribution in [1.29, 1.82) is 0 Å². The minimum atomic E-state index is 0.381. The maximum Gasteiger partial charge on any atom is 0.0678 e. The van der Waals surface area contributed by atoms with Crippen molar-refractivity contribution in [1.82, 2.24) is 10.2 Å². The normalized spacial score (nSPS) is 32.2. The molecule has 0 amide bonds. The van der Waals surface area contributed by atoms with E-state index >= 15 is 0 Å². The van der Waals surface area contributed by atoms with Crippen molar-refractivity contribution in [3.05, 3.63) is 0 Å². The summed E-state index contributed by atoms with van der Waals surface area (Å²) in [6.45, 7) is 13.7. The minimum absolute atomic E-state index is 0.381. The molecule has 0 aromatic rings. The number of morpholine rings is 1. The van der Waals surface area contributed by atoms with Crippen LogP contribution in [0.15, 0.2) is 0 Å². The van der Waals surface area contributed by atoms with E-state index in [2.05, 4.69) is 37.9 Å². The Labute approximate surface area is 119 Å². The van der Waals surface area contributed by atoms with Crippen molar-refractivity contribution in [2.75, 3.05) is 26.2 Å². The van der Waals surface area contributed by atoms with E-state index in [-0.39, 0.29) is 0 Å². The maximum atomic E-state index is 5.84. The molecule has 3 atom stereocenters. The number of nitrogens with zero attached hydrogens (tertiary/aromatic N) is 1. The van der Waals surface area contributed by atoms with Crippen LogP contribution >= 0.6 is 0 Å². The van der Waals surface area contributed by atoms with Crippen molar-refractivity contribution in [2.45, 2.75) is 71.6 Å². The second-order valence-electron chi connectivity index (χ2n) is 7.17. The van der Waals surface area contributed by atoms with E-state index in [9.17, 15) is 0 Å². The van der Waals surface area contributed by atoms with Crippen LogP contribution in [0.5, 0.6) is 0 Å². The number of ether oxygens (including phenoxy) is 1. The number of rotatable bonds is 7. The molecule has 0 bridgehead atoms. The van der Waals surface area contributed by atoms with Crippen LogP contribution in [0.25, 0.3) is 0 Å². The molecule has 0 spiro atoms. The number of nitrogens with one attached hydrogen (secondary N) is 1. The van der Waals surface area contributed by atoms with Gasteiger partial charge in [0.2, 0.25) is 0 Å². The molecule has 3 heteroatoms. The van der Waals surface area contributed by atoms with Gasteiger partial charge in [0, 0.05) is 32.2 Å². The van der Waals surface area contributed by atoms with Gasteiger partial charge in [-0.05, 0) is 38.5 Å². The molecule has 2 aliphatic rings. The zero-order chi connectivity index (χ0) is 13.9. The van der Waals surface area contributed by atoms with Crippen LogP contribution in [0.3, 0.4) is 0 Å². The summed E-state index contributed by atoms with van der Waals surface area (Å²) in [7, 11) is 0. The van der Waals surface area contributed by atoms with Gasteiger partial charge in [-0.2, -0.15) is 0 Å². The molecule has 1 N–H and O–H groups in total. The van der Waals surface area contributed by atoms with E-state index in [0.717, 1.165) is 19.1 Å². The van der Waals surface area contributed by atoms with Gasteiger partial charge in [-0.1, -0.05) is 20.3 Å². The molecule has 19 heavy (non-hydrogen) atoms. The predicted octanol–water partition coefficient (Wildman–Crippen LogP) is 2.65. The summed E-state index contributed by atoms with van der Waals surface area (Å²) in [6.07, 6.45) is 6.12. The molecule has 2 rings (SSSR count). The van der Waals surface area contributed by atoms with E-state index in [1.165, 1.54) is 38.8 Å². The van der Waals surface area contributed by atoms with Crippen LogP contribution in [0.1, 0.15) is 53.4 Å². The highest BCUT2D eigenvalue weighted by molar-refractivity contribution is 4.88. The first kappa shape index (κ1) is 15.3. The van der Waals surface area contributed by atoms with Crippen LogP contribution in [-0.4, -0.2) is 49.3 Å². The fraction of sp³-hybridized carbons (Fsp3) is 1.00. The Morgan fingerprint density at radius 3 is 2.37 bits per heavy atom. The van der Waals surface area contributed by atoms with Gasteiger partial charge in [0.1, 0.15) is 0 Å². The molecule has 112 valence electrons. The van der Waals surface area contributed by atoms with Crippen LogP contribution in [0.4, 0.5) is 0 Å². The lowest BCUT2D eigenvalue weighted by Gasteiger charge is -2.41. The lowest BCUT2D eigenvalue weighted by atomic mass is 9.84. The first-order chi connectivity index (χ1) is 9.00. The fourth-order valence-electron chi connectivity index (χ4n) is 3.46. The van der Waals surface area contributed by atoms with Gasteiger partial charge in [0.05, 0.1) is 12.2 Å². The summed E-state index contributed by atoms with van der Waals surface area (Å²) in [5, 5.41) is 3.74. The summed E-state index contributed by atoms with van der Waals surface area (Å²) in [4.78, 5) is 2.61. The lowest BCUT2D eigenvalue weighted by molar-refractivity contribution is -0.0771. The maximum absolute atomic E-state index is 5.84. The third-order valence-corrected chi connectivity index (χ3v) is 4.35. The van der Waals surface area contributed by atoms with Crippen molar-refractivity contribution < 1.29 is 4.74 Å². The Morgan fingerprint density at radius 2 is 1.84 bits per heavy atom. The zero-order valence-electron chi connectivity index (χ0n) is 13.2. The fourth-order valence-corrected chi connectivity index (χ4v) is 3.46. The van der Waals surface area contributed by atoms with Crippen LogP contribution in [-0.2, 0) is 4.74 Å². The molecule has 0 aromatic heterocycles. The lowest BCUT2D eigenvalue weighted by Crippen LogP contribution is -2.51. The van der Waals surface area contributed by atoms with E-state index in [1.54, 1.807) is 0 Å². The molecule has 1 aliphatic heterocycles. The van der Waals surface area contributed by atoms with Crippen molar-refractivity contribution >= 4 is 0 Å². The van der Waals surface area contributed by atoms with E-state index in [4.69, 9.17) is 4.74 Å². The van der Waals surface area contributed by atoms with Crippen molar-refractivity contribution in [3.63, 3.8) is 0 Å². The van der Waals surface area contributed by atoms with Crippen molar-refractivity contribution in [3.8, 4) is 0 Å². The highest BCUT2D eigenvalue weighted by Crippen LogP contribution is 2.28. The quantitative estimate of drug-likeness (QED) is 0.768. The Bertz CT molecular complexity index is 270. The van der Waals surface area contributed by atoms with Gasteiger partial charge in [-0.15, -0.1) is 0 Å². The smallest absolute Gasteiger partial charge is 0.0678 e. The zero-order valence-corrected chi connectivity index (χ0v) is 13.2. The molecule has 2 fully saturated rings. The first-order valence-corrected chi connectivity index (χ1v) is 8.12. The summed E-state index contributed by atoms with van der Waals surface area (Å²) in [5.74, 6) is 0. The van der Waals surface area contributed by atoms with Gasteiger partial charge in [0.15, 0.2) is 0 Å². The highest BCUT2D eigenvalue weighted by Gasteiger charge is 2.32. The van der Waals surface area contributed by atoms with Gasteiger partial charge in [0.25, 0.3) is 0 Å². The molecule has 0 aromatic carbocycles. The predicted molar refractivity (Wildman–Crippen MR) is 80.5 cm³/mol. The summed E-state index contributed by atoms with van der Waals surface area (Å²) < 4.78 is 5.84. The molecule has 1 unspecified atom stereocenters. The monoisotopic (exact) mass is 268 g/mol. The molecule has 0 radical (unpaired) electrons. The van der Waals surface area contributed by atoms with Gasteiger partial charge < -0.3 is 10.1 Å². The Hall–Kier alpha value is -0.120. The van der Waals surface area contributed by atoms with Crippen molar-refractivity contribution in [2.24, 2.45) is 5.41 Å². The second-order valence-corrected chi connectivity index (χ2v) is 7.17.